The number of anilines is 1. The number of pyridine rings is 1. The molecule has 6 nitrogen and oxygen atoms in total. The van der Waals surface area contributed by atoms with E-state index in [0.717, 1.165) is 6.07 Å². The van der Waals surface area contributed by atoms with E-state index in [1.165, 1.54) is 18.2 Å². The van der Waals surface area contributed by atoms with Gasteiger partial charge in [-0.1, -0.05) is 0 Å². The lowest BCUT2D eigenvalue weighted by molar-refractivity contribution is 0.0520. The van der Waals surface area contributed by atoms with Crippen molar-refractivity contribution in [1.82, 2.24) is 4.98 Å². The van der Waals surface area contributed by atoms with Gasteiger partial charge in [0.2, 0.25) is 5.43 Å². The molecule has 3 N–H and O–H groups in total. The number of aromatic nitrogens is 1. The van der Waals surface area contributed by atoms with Crippen molar-refractivity contribution in [3.05, 3.63) is 50.4 Å². The minimum Gasteiger partial charge on any atom is -0.461 e. The smallest absolute Gasteiger partial charge is 0.354 e. The number of esters is 1. The Morgan fingerprint density at radius 2 is 2.00 bits per heavy atom. The number of ether oxygens (including phenoxy) is 1. The van der Waals surface area contributed by atoms with Crippen LogP contribution in [-0.2, 0) is 4.74 Å². The Morgan fingerprint density at radius 3 is 2.68 bits per heavy atom. The van der Waals surface area contributed by atoms with E-state index in [4.69, 9.17) is 10.5 Å². The fourth-order valence-electron chi connectivity index (χ4n) is 1.67. The molecule has 1 aromatic heterocycles. The number of H-pyrrole nitrogens is 1. The van der Waals surface area contributed by atoms with E-state index >= 15 is 0 Å². The molecule has 1 aromatic carbocycles. The first kappa shape index (κ1) is 12.8. The molecule has 1 heterocycles. The van der Waals surface area contributed by atoms with E-state index in [9.17, 15) is 14.4 Å². The molecule has 0 amide bonds. The lowest BCUT2D eigenvalue weighted by Crippen LogP contribution is -2.12. The third-order valence-corrected chi connectivity index (χ3v) is 2.58. The SMILES string of the molecule is CCOC(=O)c1cc(=O)c2cc(N)c(=O)ccc2[nH]1. The van der Waals surface area contributed by atoms with Crippen molar-refractivity contribution in [3.63, 3.8) is 0 Å². The second kappa shape index (κ2) is 4.93. The number of nitrogen functional groups attached to an aromatic ring is 1. The number of aromatic amines is 1. The molecule has 0 radical (unpaired) electrons. The molecule has 0 saturated carbocycles. The van der Waals surface area contributed by atoms with Crippen LogP contribution < -0.4 is 16.6 Å². The van der Waals surface area contributed by atoms with E-state index < -0.39 is 11.4 Å². The van der Waals surface area contributed by atoms with E-state index in [1.807, 2.05) is 0 Å². The number of carbonyl (C=O) groups excluding carboxylic acids is 1. The Hall–Kier alpha value is -2.63. The van der Waals surface area contributed by atoms with Crippen LogP contribution in [0, 0.1) is 0 Å². The number of nitrogens with one attached hydrogen (secondary N) is 1. The predicted molar refractivity (Wildman–Crippen MR) is 71.2 cm³/mol. The summed E-state index contributed by atoms with van der Waals surface area (Å²) in [6.45, 7) is 1.88. The van der Waals surface area contributed by atoms with Crippen LogP contribution in [0.3, 0.4) is 0 Å². The van der Waals surface area contributed by atoms with Crippen LogP contribution in [0.5, 0.6) is 0 Å². The van der Waals surface area contributed by atoms with Crippen LogP contribution in [0.25, 0.3) is 10.9 Å². The Bertz CT molecular complexity index is 765. The van der Waals surface area contributed by atoms with Crippen molar-refractivity contribution in [2.24, 2.45) is 0 Å². The van der Waals surface area contributed by atoms with Crippen molar-refractivity contribution in [1.29, 1.82) is 0 Å². The van der Waals surface area contributed by atoms with Gasteiger partial charge in [-0.3, -0.25) is 9.59 Å². The number of carbonyl (C=O) groups is 1. The summed E-state index contributed by atoms with van der Waals surface area (Å²) in [5.41, 5.74) is 5.10. The van der Waals surface area contributed by atoms with Crippen LogP contribution >= 0.6 is 0 Å². The summed E-state index contributed by atoms with van der Waals surface area (Å²) in [4.78, 5) is 37.7. The lowest BCUT2D eigenvalue weighted by atomic mass is 10.2. The van der Waals surface area contributed by atoms with Crippen molar-refractivity contribution >= 4 is 22.6 Å². The molecule has 6 heteroatoms. The van der Waals surface area contributed by atoms with Gasteiger partial charge in [-0.2, -0.15) is 0 Å². The van der Waals surface area contributed by atoms with E-state index in [-0.39, 0.29) is 28.8 Å². The fraction of sp³-hybridized carbons (Fsp3) is 0.154. The third kappa shape index (κ3) is 2.47. The molecule has 0 bridgehead atoms. The highest BCUT2D eigenvalue weighted by molar-refractivity contribution is 5.91. The quantitative estimate of drug-likeness (QED) is 0.772. The average Bonchev–Trinajstić information content (AvgIpc) is 2.51. The lowest BCUT2D eigenvalue weighted by Gasteiger charge is -2.02. The molecule has 0 spiro atoms. The van der Waals surface area contributed by atoms with Crippen molar-refractivity contribution in [2.75, 3.05) is 12.3 Å². The normalized spacial score (nSPS) is 10.4. The van der Waals surface area contributed by atoms with Gasteiger partial charge in [-0.25, -0.2) is 4.79 Å². The Morgan fingerprint density at radius 1 is 1.26 bits per heavy atom. The number of nitrogens with two attached hydrogens (primary N) is 1. The van der Waals surface area contributed by atoms with E-state index in [1.54, 1.807) is 6.92 Å². The monoisotopic (exact) mass is 260 g/mol. The highest BCUT2D eigenvalue weighted by atomic mass is 16.5. The van der Waals surface area contributed by atoms with Gasteiger partial charge in [0.25, 0.3) is 0 Å². The second-order valence-electron chi connectivity index (χ2n) is 3.89. The molecule has 0 aliphatic heterocycles. The maximum Gasteiger partial charge on any atom is 0.354 e. The summed E-state index contributed by atoms with van der Waals surface area (Å²) in [6.07, 6.45) is 0. The van der Waals surface area contributed by atoms with Gasteiger partial charge in [-0.05, 0) is 25.1 Å². The summed E-state index contributed by atoms with van der Waals surface area (Å²) < 4.78 is 4.81. The molecule has 0 fully saturated rings. The number of fused-ring (bicyclic) bond motifs is 1. The van der Waals surface area contributed by atoms with Crippen LogP contribution in [0.1, 0.15) is 17.4 Å². The van der Waals surface area contributed by atoms with Crippen molar-refractivity contribution in [2.45, 2.75) is 6.92 Å². The standard InChI is InChI=1S/C13H12N2O4/c1-2-19-13(18)10-6-12(17)7-5-8(14)11(16)4-3-9(7)15-10/h3-6H,2H2,1H3,(H2,14,16)(H,15,17). The maximum atomic E-state index is 11.9. The van der Waals surface area contributed by atoms with Crippen molar-refractivity contribution in [3.8, 4) is 0 Å². The first-order valence-electron chi connectivity index (χ1n) is 5.67. The highest BCUT2D eigenvalue weighted by Gasteiger charge is 2.10. The Labute approximate surface area is 107 Å². The maximum absolute atomic E-state index is 11.9. The van der Waals surface area contributed by atoms with Crippen LogP contribution in [0.4, 0.5) is 5.69 Å². The average molecular weight is 260 g/mol. The fourth-order valence-corrected chi connectivity index (χ4v) is 1.67. The minimum absolute atomic E-state index is 0.0237. The summed E-state index contributed by atoms with van der Waals surface area (Å²) in [7, 11) is 0. The zero-order valence-corrected chi connectivity index (χ0v) is 10.2. The topological polar surface area (TPSA) is 102 Å². The van der Waals surface area contributed by atoms with E-state index in [0.29, 0.717) is 5.52 Å². The van der Waals surface area contributed by atoms with Crippen molar-refractivity contribution < 1.29 is 9.53 Å². The summed E-state index contributed by atoms with van der Waals surface area (Å²) in [6, 6.07) is 5.08. The molecule has 0 atom stereocenters. The van der Waals surface area contributed by atoms with Gasteiger partial charge in [0, 0.05) is 11.5 Å². The molecule has 0 aliphatic rings. The van der Waals surface area contributed by atoms with E-state index in [2.05, 4.69) is 4.98 Å². The minimum atomic E-state index is -0.622. The zero-order valence-electron chi connectivity index (χ0n) is 10.2. The molecule has 98 valence electrons. The predicted octanol–water partition coefficient (Wildman–Crippen LogP) is 0.647. The van der Waals surface area contributed by atoms with Crippen LogP contribution in [-0.4, -0.2) is 17.6 Å². The summed E-state index contributed by atoms with van der Waals surface area (Å²) in [5, 5.41) is 0.243. The molecular formula is C13H12N2O4. The van der Waals surface area contributed by atoms with Gasteiger partial charge in [0.15, 0.2) is 5.43 Å². The molecule has 2 rings (SSSR count). The van der Waals surface area contributed by atoms with Gasteiger partial charge in [0.05, 0.1) is 17.8 Å². The Balaban J connectivity index is 2.75. The number of hydrogen-bond donors (Lipinski definition) is 2. The summed E-state index contributed by atoms with van der Waals surface area (Å²) >= 11 is 0. The number of rotatable bonds is 2. The van der Waals surface area contributed by atoms with Gasteiger partial charge < -0.3 is 15.5 Å². The highest BCUT2D eigenvalue weighted by Crippen LogP contribution is 2.08. The second-order valence-corrected chi connectivity index (χ2v) is 3.89. The molecule has 2 aromatic rings. The number of hydrogen-bond acceptors (Lipinski definition) is 5. The zero-order chi connectivity index (χ0) is 14.0. The summed E-state index contributed by atoms with van der Waals surface area (Å²) in [5.74, 6) is -0.622. The first-order valence-corrected chi connectivity index (χ1v) is 5.67. The Kier molecular flexibility index (Phi) is 3.33. The molecule has 0 saturated heterocycles. The van der Waals surface area contributed by atoms with Gasteiger partial charge in [-0.15, -0.1) is 0 Å². The third-order valence-electron chi connectivity index (χ3n) is 2.58. The molecule has 0 unspecified atom stereocenters. The van der Waals surface area contributed by atoms with Gasteiger partial charge in [0.1, 0.15) is 5.69 Å². The molecule has 19 heavy (non-hydrogen) atoms. The first-order chi connectivity index (χ1) is 9.02. The van der Waals surface area contributed by atoms with Crippen LogP contribution in [0.15, 0.2) is 33.9 Å². The molecular weight excluding hydrogens is 248 g/mol. The largest absolute Gasteiger partial charge is 0.461 e. The van der Waals surface area contributed by atoms with Crippen LogP contribution in [0.2, 0.25) is 0 Å². The van der Waals surface area contributed by atoms with Gasteiger partial charge >= 0.3 is 5.97 Å². The molecule has 0 aliphatic carbocycles.